The summed E-state index contributed by atoms with van der Waals surface area (Å²) in [4.78, 5) is 15.8. The molecule has 0 aliphatic rings. The summed E-state index contributed by atoms with van der Waals surface area (Å²) in [6.07, 6.45) is 0. The lowest BCUT2D eigenvalue weighted by Gasteiger charge is -2.13. The van der Waals surface area contributed by atoms with Crippen LogP contribution in [0.2, 0.25) is 0 Å². The molecule has 0 bridgehead atoms. The SMILES string of the molecule is c1ccc2cc(-c3cc(-c4nc(-c5ccc6ccccc6c5)nc(-c5cccc6ccccc56)n4)c4c(c3)oc3cc5ccccc5cc34)ccc2c1. The summed E-state index contributed by atoms with van der Waals surface area (Å²) in [6, 6.07) is 61.7. The Morgan fingerprint density at radius 2 is 0.849 bits per heavy atom. The first-order chi connectivity index (χ1) is 26.2. The number of rotatable bonds is 4. The molecule has 0 saturated carbocycles. The second kappa shape index (κ2) is 11.7. The van der Waals surface area contributed by atoms with Gasteiger partial charge in [0, 0.05) is 27.5 Å². The average molecular weight is 676 g/mol. The summed E-state index contributed by atoms with van der Waals surface area (Å²) in [5, 5.41) is 11.2. The van der Waals surface area contributed by atoms with Gasteiger partial charge in [0.05, 0.1) is 0 Å². The van der Waals surface area contributed by atoms with Crippen LogP contribution in [0.4, 0.5) is 0 Å². The van der Waals surface area contributed by atoms with E-state index in [1.165, 1.54) is 16.2 Å². The van der Waals surface area contributed by atoms with Gasteiger partial charge in [-0.3, -0.25) is 0 Å². The van der Waals surface area contributed by atoms with Crippen LogP contribution in [0, 0.1) is 0 Å². The summed E-state index contributed by atoms with van der Waals surface area (Å²) >= 11 is 0. The Hall–Kier alpha value is -7.17. The van der Waals surface area contributed by atoms with Gasteiger partial charge >= 0.3 is 0 Å². The van der Waals surface area contributed by atoms with E-state index in [-0.39, 0.29) is 0 Å². The van der Waals surface area contributed by atoms with Gasteiger partial charge in [0.2, 0.25) is 0 Å². The van der Waals surface area contributed by atoms with E-state index in [1.807, 2.05) is 0 Å². The van der Waals surface area contributed by atoms with E-state index >= 15 is 0 Å². The fourth-order valence-corrected chi connectivity index (χ4v) is 7.80. The van der Waals surface area contributed by atoms with Crippen molar-refractivity contribution in [2.24, 2.45) is 0 Å². The topological polar surface area (TPSA) is 51.8 Å². The van der Waals surface area contributed by atoms with Gasteiger partial charge in [0.15, 0.2) is 17.5 Å². The minimum absolute atomic E-state index is 0.592. The highest BCUT2D eigenvalue weighted by atomic mass is 16.3. The first-order valence-corrected chi connectivity index (χ1v) is 17.8. The van der Waals surface area contributed by atoms with Gasteiger partial charge in [0.25, 0.3) is 0 Å². The lowest BCUT2D eigenvalue weighted by Crippen LogP contribution is -2.01. The molecule has 53 heavy (non-hydrogen) atoms. The standard InChI is InChI=1S/C49H29N3O/c1-3-13-33-24-37(22-20-30(33)10-1)39-27-43(46-42-26-35-15-5-6-16-36(35)28-44(42)53-45(46)29-39)49-51-47(38-23-21-31-11-2-4-14-34(31)25-38)50-48(52-49)41-19-9-17-32-12-7-8-18-40(32)41/h1-29H. The molecule has 0 amide bonds. The predicted molar refractivity (Wildman–Crippen MR) is 219 cm³/mol. The van der Waals surface area contributed by atoms with Crippen LogP contribution in [-0.4, -0.2) is 15.0 Å². The third kappa shape index (κ3) is 4.95. The highest BCUT2D eigenvalue weighted by Crippen LogP contribution is 2.42. The zero-order valence-corrected chi connectivity index (χ0v) is 28.5. The Balaban J connectivity index is 1.23. The maximum Gasteiger partial charge on any atom is 0.164 e. The molecule has 11 rings (SSSR count). The number of fused-ring (bicyclic) bond motifs is 7. The maximum absolute atomic E-state index is 6.74. The molecule has 0 fully saturated rings. The summed E-state index contributed by atoms with van der Waals surface area (Å²) in [6.45, 7) is 0. The summed E-state index contributed by atoms with van der Waals surface area (Å²) in [5.74, 6) is 1.83. The van der Waals surface area contributed by atoms with Crippen LogP contribution in [0.25, 0.3) is 110 Å². The van der Waals surface area contributed by atoms with Crippen molar-refractivity contribution >= 4 is 65.0 Å². The maximum atomic E-state index is 6.74. The molecule has 0 spiro atoms. The lowest BCUT2D eigenvalue weighted by molar-refractivity contribution is 0.669. The van der Waals surface area contributed by atoms with Gasteiger partial charge in [-0.1, -0.05) is 140 Å². The van der Waals surface area contributed by atoms with Gasteiger partial charge in [-0.2, -0.15) is 0 Å². The van der Waals surface area contributed by atoms with E-state index in [1.54, 1.807) is 0 Å². The zero-order chi connectivity index (χ0) is 34.9. The number of benzene rings is 9. The van der Waals surface area contributed by atoms with E-state index < -0.39 is 0 Å². The van der Waals surface area contributed by atoms with Crippen LogP contribution in [0.5, 0.6) is 0 Å². The van der Waals surface area contributed by atoms with Gasteiger partial charge in [0.1, 0.15) is 11.2 Å². The third-order valence-corrected chi connectivity index (χ3v) is 10.4. The van der Waals surface area contributed by atoms with Crippen molar-refractivity contribution in [3.8, 4) is 45.3 Å². The second-order valence-corrected chi connectivity index (χ2v) is 13.7. The van der Waals surface area contributed by atoms with E-state index in [0.29, 0.717) is 17.5 Å². The van der Waals surface area contributed by atoms with Crippen molar-refractivity contribution in [2.75, 3.05) is 0 Å². The van der Waals surface area contributed by atoms with E-state index in [2.05, 4.69) is 176 Å². The normalized spacial score (nSPS) is 11.8. The first kappa shape index (κ1) is 29.5. The molecule has 0 atom stereocenters. The minimum Gasteiger partial charge on any atom is -0.456 e. The molecular formula is C49H29N3O. The van der Waals surface area contributed by atoms with Crippen molar-refractivity contribution < 1.29 is 4.42 Å². The Labute approximate surface area is 304 Å². The molecule has 0 radical (unpaired) electrons. The summed E-state index contributed by atoms with van der Waals surface area (Å²) in [5.41, 5.74) is 6.52. The molecule has 11 aromatic rings. The first-order valence-electron chi connectivity index (χ1n) is 17.8. The molecule has 4 heteroatoms. The van der Waals surface area contributed by atoms with Crippen molar-refractivity contribution in [3.63, 3.8) is 0 Å². The largest absolute Gasteiger partial charge is 0.456 e. The Morgan fingerprint density at radius 1 is 0.302 bits per heavy atom. The van der Waals surface area contributed by atoms with Crippen LogP contribution < -0.4 is 0 Å². The van der Waals surface area contributed by atoms with Gasteiger partial charge in [-0.15, -0.1) is 0 Å². The second-order valence-electron chi connectivity index (χ2n) is 13.7. The van der Waals surface area contributed by atoms with Crippen LogP contribution >= 0.6 is 0 Å². The molecule has 0 aliphatic heterocycles. The molecule has 0 unspecified atom stereocenters. The van der Waals surface area contributed by atoms with Gasteiger partial charge in [-0.05, 0) is 90.6 Å². The number of aromatic nitrogens is 3. The van der Waals surface area contributed by atoms with Crippen molar-refractivity contribution in [1.29, 1.82) is 0 Å². The van der Waals surface area contributed by atoms with Gasteiger partial charge < -0.3 is 4.42 Å². The number of nitrogens with zero attached hydrogens (tertiary/aromatic N) is 3. The fraction of sp³-hybridized carbons (Fsp3) is 0. The Morgan fingerprint density at radius 3 is 1.58 bits per heavy atom. The highest BCUT2D eigenvalue weighted by Gasteiger charge is 2.21. The van der Waals surface area contributed by atoms with Crippen LogP contribution in [-0.2, 0) is 0 Å². The summed E-state index contributed by atoms with van der Waals surface area (Å²) < 4.78 is 6.74. The lowest BCUT2D eigenvalue weighted by atomic mass is 9.96. The Kier molecular flexibility index (Phi) is 6.52. The molecule has 246 valence electrons. The molecular weight excluding hydrogens is 647 g/mol. The molecule has 0 aliphatic carbocycles. The quantitative estimate of drug-likeness (QED) is 0.186. The Bertz CT molecular complexity index is 3250. The fourth-order valence-electron chi connectivity index (χ4n) is 7.80. The third-order valence-electron chi connectivity index (χ3n) is 10.4. The molecule has 4 nitrogen and oxygen atoms in total. The average Bonchev–Trinajstić information content (AvgIpc) is 3.58. The molecule has 9 aromatic carbocycles. The van der Waals surface area contributed by atoms with E-state index in [0.717, 1.165) is 76.7 Å². The molecule has 0 saturated heterocycles. The number of hydrogen-bond acceptors (Lipinski definition) is 4. The highest BCUT2D eigenvalue weighted by molar-refractivity contribution is 6.16. The molecule has 2 aromatic heterocycles. The van der Waals surface area contributed by atoms with E-state index in [9.17, 15) is 0 Å². The number of furan rings is 1. The van der Waals surface area contributed by atoms with Crippen molar-refractivity contribution in [2.45, 2.75) is 0 Å². The zero-order valence-electron chi connectivity index (χ0n) is 28.5. The molecule has 2 heterocycles. The summed E-state index contributed by atoms with van der Waals surface area (Å²) in [7, 11) is 0. The van der Waals surface area contributed by atoms with Gasteiger partial charge in [-0.25, -0.2) is 15.0 Å². The minimum atomic E-state index is 0.592. The van der Waals surface area contributed by atoms with Crippen LogP contribution in [0.3, 0.4) is 0 Å². The smallest absolute Gasteiger partial charge is 0.164 e. The van der Waals surface area contributed by atoms with Crippen molar-refractivity contribution in [3.05, 3.63) is 176 Å². The number of hydrogen-bond donors (Lipinski definition) is 0. The van der Waals surface area contributed by atoms with Crippen molar-refractivity contribution in [1.82, 2.24) is 15.0 Å². The monoisotopic (exact) mass is 675 g/mol. The predicted octanol–water partition coefficient (Wildman–Crippen LogP) is 13.1. The molecule has 0 N–H and O–H groups in total. The van der Waals surface area contributed by atoms with Crippen LogP contribution in [0.15, 0.2) is 180 Å². The van der Waals surface area contributed by atoms with Crippen LogP contribution in [0.1, 0.15) is 0 Å². The van der Waals surface area contributed by atoms with E-state index in [4.69, 9.17) is 19.4 Å².